The first-order chi connectivity index (χ1) is 9.70. The SMILES string of the molecule is CC(C)c1noc(CN2CCNCC23CCCCC3)n1.Cl. The predicted octanol–water partition coefficient (Wildman–Crippen LogP) is 2.72. The molecule has 0 aromatic carbocycles. The van der Waals surface area contributed by atoms with Gasteiger partial charge in [0.05, 0.1) is 6.54 Å². The van der Waals surface area contributed by atoms with Crippen LogP contribution in [0.3, 0.4) is 0 Å². The normalized spacial score (nSPS) is 22.4. The molecule has 1 aliphatic heterocycles. The summed E-state index contributed by atoms with van der Waals surface area (Å²) < 4.78 is 5.44. The van der Waals surface area contributed by atoms with Crippen LogP contribution in [0.25, 0.3) is 0 Å². The van der Waals surface area contributed by atoms with Gasteiger partial charge in [-0.05, 0) is 12.8 Å². The lowest BCUT2D eigenvalue weighted by Gasteiger charge is -2.49. The predicted molar refractivity (Wildman–Crippen MR) is 84.7 cm³/mol. The van der Waals surface area contributed by atoms with Crippen molar-refractivity contribution in [2.24, 2.45) is 0 Å². The molecule has 21 heavy (non-hydrogen) atoms. The standard InChI is InChI=1S/C15H26N4O.ClH/c1-12(2)14-17-13(20-18-14)10-19-9-8-16-11-15(19)6-4-3-5-7-15;/h12,16H,3-11H2,1-2H3;1H. The summed E-state index contributed by atoms with van der Waals surface area (Å²) in [7, 11) is 0. The molecule has 0 amide bonds. The lowest BCUT2D eigenvalue weighted by atomic mass is 9.79. The molecule has 3 rings (SSSR count). The van der Waals surface area contributed by atoms with Crippen molar-refractivity contribution in [1.82, 2.24) is 20.4 Å². The van der Waals surface area contributed by atoms with Crippen molar-refractivity contribution in [2.75, 3.05) is 19.6 Å². The average Bonchev–Trinajstić information content (AvgIpc) is 2.91. The minimum absolute atomic E-state index is 0. The summed E-state index contributed by atoms with van der Waals surface area (Å²) in [5.74, 6) is 1.94. The number of halogens is 1. The van der Waals surface area contributed by atoms with E-state index in [2.05, 4.69) is 34.2 Å². The molecule has 1 aliphatic carbocycles. The van der Waals surface area contributed by atoms with Crippen LogP contribution in [0.5, 0.6) is 0 Å². The molecule has 2 fully saturated rings. The minimum Gasteiger partial charge on any atom is -0.338 e. The Bertz CT molecular complexity index is 434. The molecule has 0 unspecified atom stereocenters. The van der Waals surface area contributed by atoms with Crippen molar-refractivity contribution in [1.29, 1.82) is 0 Å². The molecule has 1 saturated heterocycles. The lowest BCUT2D eigenvalue weighted by Crippen LogP contribution is -2.61. The van der Waals surface area contributed by atoms with Gasteiger partial charge in [0.25, 0.3) is 0 Å². The van der Waals surface area contributed by atoms with Gasteiger partial charge in [-0.25, -0.2) is 0 Å². The van der Waals surface area contributed by atoms with Crippen LogP contribution in [0.1, 0.15) is 63.6 Å². The number of nitrogens with zero attached hydrogens (tertiary/aromatic N) is 3. The fraction of sp³-hybridized carbons (Fsp3) is 0.867. The number of nitrogens with one attached hydrogen (secondary N) is 1. The Balaban J connectivity index is 0.00000161. The molecular weight excluding hydrogens is 288 g/mol. The quantitative estimate of drug-likeness (QED) is 0.929. The highest BCUT2D eigenvalue weighted by molar-refractivity contribution is 5.85. The van der Waals surface area contributed by atoms with E-state index in [4.69, 9.17) is 4.52 Å². The van der Waals surface area contributed by atoms with Gasteiger partial charge in [-0.1, -0.05) is 38.3 Å². The van der Waals surface area contributed by atoms with E-state index >= 15 is 0 Å². The second-order valence-corrected chi connectivity index (χ2v) is 6.58. The molecule has 1 saturated carbocycles. The summed E-state index contributed by atoms with van der Waals surface area (Å²) >= 11 is 0. The van der Waals surface area contributed by atoms with E-state index in [0.29, 0.717) is 11.5 Å². The number of hydrogen-bond donors (Lipinski definition) is 1. The third-order valence-corrected chi connectivity index (χ3v) is 4.79. The third kappa shape index (κ3) is 3.58. The van der Waals surface area contributed by atoms with Crippen LogP contribution < -0.4 is 5.32 Å². The Labute approximate surface area is 133 Å². The molecule has 0 atom stereocenters. The zero-order valence-corrected chi connectivity index (χ0v) is 13.9. The van der Waals surface area contributed by atoms with Crippen LogP contribution in [-0.4, -0.2) is 40.2 Å². The van der Waals surface area contributed by atoms with E-state index in [1.54, 1.807) is 0 Å². The summed E-state index contributed by atoms with van der Waals surface area (Å²) in [4.78, 5) is 7.13. The third-order valence-electron chi connectivity index (χ3n) is 4.79. The minimum atomic E-state index is 0. The Morgan fingerprint density at radius 1 is 1.29 bits per heavy atom. The first-order valence-corrected chi connectivity index (χ1v) is 7.98. The average molecular weight is 315 g/mol. The van der Waals surface area contributed by atoms with Gasteiger partial charge in [0, 0.05) is 31.1 Å². The number of piperazine rings is 1. The topological polar surface area (TPSA) is 54.2 Å². The summed E-state index contributed by atoms with van der Waals surface area (Å²) in [6.45, 7) is 8.26. The summed E-state index contributed by atoms with van der Waals surface area (Å²) in [5, 5.41) is 7.66. The van der Waals surface area contributed by atoms with Gasteiger partial charge in [0.15, 0.2) is 5.82 Å². The van der Waals surface area contributed by atoms with Gasteiger partial charge < -0.3 is 9.84 Å². The zero-order chi connectivity index (χ0) is 14.0. The molecule has 2 heterocycles. The van der Waals surface area contributed by atoms with Crippen molar-refractivity contribution in [3.05, 3.63) is 11.7 Å². The molecular formula is C15H27ClN4O. The van der Waals surface area contributed by atoms with Gasteiger partial charge >= 0.3 is 0 Å². The van der Waals surface area contributed by atoms with Gasteiger partial charge in [0.1, 0.15) is 0 Å². The summed E-state index contributed by atoms with van der Waals surface area (Å²) in [5.41, 5.74) is 0.322. The van der Waals surface area contributed by atoms with Crippen molar-refractivity contribution in [3.63, 3.8) is 0 Å². The molecule has 1 N–H and O–H groups in total. The first kappa shape index (κ1) is 16.7. The van der Waals surface area contributed by atoms with Gasteiger partial charge in [-0.15, -0.1) is 12.4 Å². The molecule has 6 heteroatoms. The van der Waals surface area contributed by atoms with Crippen molar-refractivity contribution >= 4 is 12.4 Å². The fourth-order valence-electron chi connectivity index (χ4n) is 3.56. The smallest absolute Gasteiger partial charge is 0.240 e. The molecule has 1 aromatic heterocycles. The first-order valence-electron chi connectivity index (χ1n) is 7.98. The largest absolute Gasteiger partial charge is 0.338 e. The Kier molecular flexibility index (Phi) is 5.63. The Morgan fingerprint density at radius 3 is 2.71 bits per heavy atom. The molecule has 1 aromatic rings. The maximum absolute atomic E-state index is 5.44. The second kappa shape index (κ2) is 7.07. The van der Waals surface area contributed by atoms with Gasteiger partial charge in [-0.2, -0.15) is 4.98 Å². The van der Waals surface area contributed by atoms with Crippen molar-refractivity contribution in [2.45, 2.75) is 64.0 Å². The highest BCUT2D eigenvalue weighted by Crippen LogP contribution is 2.35. The Morgan fingerprint density at radius 2 is 2.05 bits per heavy atom. The second-order valence-electron chi connectivity index (χ2n) is 6.58. The maximum atomic E-state index is 5.44. The lowest BCUT2D eigenvalue weighted by molar-refractivity contribution is 0.0135. The highest BCUT2D eigenvalue weighted by atomic mass is 35.5. The number of aromatic nitrogens is 2. The molecule has 1 spiro atoms. The highest BCUT2D eigenvalue weighted by Gasteiger charge is 2.40. The summed E-state index contributed by atoms with van der Waals surface area (Å²) in [6, 6.07) is 0. The van der Waals surface area contributed by atoms with Crippen LogP contribution in [0.2, 0.25) is 0 Å². The van der Waals surface area contributed by atoms with Crippen LogP contribution in [-0.2, 0) is 6.54 Å². The van der Waals surface area contributed by atoms with Gasteiger partial charge in [0.2, 0.25) is 5.89 Å². The van der Waals surface area contributed by atoms with Crippen molar-refractivity contribution in [3.8, 4) is 0 Å². The molecule has 5 nitrogen and oxygen atoms in total. The van der Waals surface area contributed by atoms with Crippen LogP contribution in [0.4, 0.5) is 0 Å². The van der Waals surface area contributed by atoms with E-state index in [-0.39, 0.29) is 12.4 Å². The molecule has 0 bridgehead atoms. The molecule has 0 radical (unpaired) electrons. The van der Waals surface area contributed by atoms with Crippen LogP contribution in [0.15, 0.2) is 4.52 Å². The van der Waals surface area contributed by atoms with Gasteiger partial charge in [-0.3, -0.25) is 4.90 Å². The zero-order valence-electron chi connectivity index (χ0n) is 13.1. The van der Waals surface area contributed by atoms with E-state index < -0.39 is 0 Å². The van der Waals surface area contributed by atoms with E-state index in [0.717, 1.165) is 37.9 Å². The maximum Gasteiger partial charge on any atom is 0.240 e. The Hall–Kier alpha value is -0.650. The summed E-state index contributed by atoms with van der Waals surface area (Å²) in [6.07, 6.45) is 6.67. The number of rotatable bonds is 3. The van der Waals surface area contributed by atoms with Crippen LogP contribution >= 0.6 is 12.4 Å². The number of hydrogen-bond acceptors (Lipinski definition) is 5. The molecule has 120 valence electrons. The molecule has 2 aliphatic rings. The van der Waals surface area contributed by atoms with Crippen molar-refractivity contribution < 1.29 is 4.52 Å². The fourth-order valence-corrected chi connectivity index (χ4v) is 3.56. The van der Waals surface area contributed by atoms with Crippen LogP contribution in [0, 0.1) is 0 Å². The van der Waals surface area contributed by atoms with E-state index in [1.807, 2.05) is 0 Å². The monoisotopic (exact) mass is 314 g/mol. The van der Waals surface area contributed by atoms with E-state index in [1.165, 1.54) is 32.1 Å². The van der Waals surface area contributed by atoms with E-state index in [9.17, 15) is 0 Å².